The number of pyridine rings is 1. The van der Waals surface area contributed by atoms with Crippen molar-refractivity contribution in [1.29, 1.82) is 0 Å². The maximum Gasteiger partial charge on any atom is 0.222 e. The third-order valence-electron chi connectivity index (χ3n) is 4.10. The number of aromatic nitrogens is 1. The summed E-state index contributed by atoms with van der Waals surface area (Å²) in [6.45, 7) is 5.97. The first-order valence-electron chi connectivity index (χ1n) is 8.18. The molecule has 1 heterocycles. The zero-order valence-corrected chi connectivity index (χ0v) is 15.1. The van der Waals surface area contributed by atoms with E-state index < -0.39 is 0 Å². The Morgan fingerprint density at radius 3 is 2.42 bits per heavy atom. The molecular formula is C21H21NO4. The third-order valence-corrected chi connectivity index (χ3v) is 4.10. The molecule has 1 aromatic heterocycles. The Balaban J connectivity index is 1.97. The predicted octanol–water partition coefficient (Wildman–Crippen LogP) is 4.66. The fourth-order valence-electron chi connectivity index (χ4n) is 2.73. The Morgan fingerprint density at radius 2 is 1.77 bits per heavy atom. The summed E-state index contributed by atoms with van der Waals surface area (Å²) < 4.78 is 22.0. The molecule has 0 saturated carbocycles. The molecule has 0 N–H and O–H groups in total. The molecule has 0 unspecified atom stereocenters. The predicted molar refractivity (Wildman–Crippen MR) is 101 cm³/mol. The Morgan fingerprint density at radius 1 is 1.00 bits per heavy atom. The second-order valence-corrected chi connectivity index (χ2v) is 5.67. The number of benzene rings is 2. The summed E-state index contributed by atoms with van der Waals surface area (Å²) in [6.07, 6.45) is 1.34. The van der Waals surface area contributed by atoms with Crippen molar-refractivity contribution in [3.63, 3.8) is 0 Å². The molecule has 26 heavy (non-hydrogen) atoms. The van der Waals surface area contributed by atoms with Gasteiger partial charge in [-0.15, -0.1) is 0 Å². The standard InChI is InChI=1S/C21H21NO4/c1-5-25-20-12-19(26-13-15-6-8-16(23-3)9-7-15)17-10-11-18(24-4)14(2)21(17)22-20/h5-12H,1,13H2,2-4H3. The van der Waals surface area contributed by atoms with Crippen molar-refractivity contribution in [1.82, 2.24) is 4.98 Å². The van der Waals surface area contributed by atoms with Crippen LogP contribution in [0.3, 0.4) is 0 Å². The van der Waals surface area contributed by atoms with Gasteiger partial charge in [-0.2, -0.15) is 0 Å². The molecule has 0 aliphatic rings. The van der Waals surface area contributed by atoms with Gasteiger partial charge in [-0.05, 0) is 36.8 Å². The summed E-state index contributed by atoms with van der Waals surface area (Å²) in [7, 11) is 3.28. The van der Waals surface area contributed by atoms with Crippen LogP contribution in [0.4, 0.5) is 0 Å². The fourth-order valence-corrected chi connectivity index (χ4v) is 2.73. The minimum atomic E-state index is 0.418. The second-order valence-electron chi connectivity index (χ2n) is 5.67. The normalized spacial score (nSPS) is 10.4. The Bertz CT molecular complexity index is 919. The van der Waals surface area contributed by atoms with E-state index in [1.54, 1.807) is 20.3 Å². The van der Waals surface area contributed by atoms with Crippen LogP contribution in [-0.4, -0.2) is 19.2 Å². The first-order chi connectivity index (χ1) is 12.7. The summed E-state index contributed by atoms with van der Waals surface area (Å²) in [5.74, 6) is 2.69. The van der Waals surface area contributed by atoms with Crippen molar-refractivity contribution in [3.05, 3.63) is 66.4 Å². The van der Waals surface area contributed by atoms with Gasteiger partial charge >= 0.3 is 0 Å². The summed E-state index contributed by atoms with van der Waals surface area (Å²) >= 11 is 0. The lowest BCUT2D eigenvalue weighted by atomic mass is 10.1. The van der Waals surface area contributed by atoms with Gasteiger partial charge in [0, 0.05) is 17.0 Å². The van der Waals surface area contributed by atoms with Gasteiger partial charge in [0.25, 0.3) is 0 Å². The van der Waals surface area contributed by atoms with E-state index in [0.717, 1.165) is 33.5 Å². The van der Waals surface area contributed by atoms with Crippen LogP contribution in [0.1, 0.15) is 11.1 Å². The van der Waals surface area contributed by atoms with Gasteiger partial charge < -0.3 is 18.9 Å². The zero-order chi connectivity index (χ0) is 18.5. The van der Waals surface area contributed by atoms with Gasteiger partial charge in [-0.1, -0.05) is 18.7 Å². The summed E-state index contributed by atoms with van der Waals surface area (Å²) in [5.41, 5.74) is 2.73. The molecule has 0 bridgehead atoms. The molecule has 0 spiro atoms. The Kier molecular flexibility index (Phi) is 5.27. The van der Waals surface area contributed by atoms with Crippen LogP contribution in [0.2, 0.25) is 0 Å². The second kappa shape index (κ2) is 7.78. The lowest BCUT2D eigenvalue weighted by molar-refractivity contribution is 0.307. The van der Waals surface area contributed by atoms with E-state index in [4.69, 9.17) is 18.9 Å². The third kappa shape index (κ3) is 3.57. The molecule has 134 valence electrons. The number of nitrogens with zero attached hydrogens (tertiary/aromatic N) is 1. The van der Waals surface area contributed by atoms with Crippen LogP contribution in [0.15, 0.2) is 55.3 Å². The molecule has 0 fully saturated rings. The molecule has 5 nitrogen and oxygen atoms in total. The van der Waals surface area contributed by atoms with E-state index in [-0.39, 0.29) is 0 Å². The average molecular weight is 351 g/mol. The molecule has 0 atom stereocenters. The quantitative estimate of drug-likeness (QED) is 0.579. The Labute approximate surface area is 152 Å². The van der Waals surface area contributed by atoms with E-state index in [9.17, 15) is 0 Å². The summed E-state index contributed by atoms with van der Waals surface area (Å²) in [4.78, 5) is 4.54. The number of methoxy groups -OCH3 is 2. The summed E-state index contributed by atoms with van der Waals surface area (Å²) in [5, 5.41) is 0.897. The van der Waals surface area contributed by atoms with Gasteiger partial charge in [-0.3, -0.25) is 0 Å². The Hall–Kier alpha value is -3.21. The number of ether oxygens (including phenoxy) is 4. The largest absolute Gasteiger partial charge is 0.497 e. The van der Waals surface area contributed by atoms with Gasteiger partial charge in [-0.25, -0.2) is 4.98 Å². The van der Waals surface area contributed by atoms with Gasteiger partial charge in [0.05, 0.1) is 26.0 Å². The van der Waals surface area contributed by atoms with Crippen LogP contribution < -0.4 is 18.9 Å². The molecule has 0 aliphatic carbocycles. The van der Waals surface area contributed by atoms with Crippen LogP contribution in [0.5, 0.6) is 23.1 Å². The highest BCUT2D eigenvalue weighted by atomic mass is 16.5. The molecular weight excluding hydrogens is 330 g/mol. The van der Waals surface area contributed by atoms with Crippen molar-refractivity contribution in [3.8, 4) is 23.1 Å². The van der Waals surface area contributed by atoms with Crippen molar-refractivity contribution >= 4 is 10.9 Å². The average Bonchev–Trinajstić information content (AvgIpc) is 2.67. The zero-order valence-electron chi connectivity index (χ0n) is 15.1. The topological polar surface area (TPSA) is 49.8 Å². The van der Waals surface area contributed by atoms with Gasteiger partial charge in [0.15, 0.2) is 0 Å². The van der Waals surface area contributed by atoms with E-state index in [2.05, 4.69) is 11.6 Å². The minimum Gasteiger partial charge on any atom is -0.497 e. The monoisotopic (exact) mass is 351 g/mol. The van der Waals surface area contributed by atoms with Gasteiger partial charge in [0.1, 0.15) is 23.9 Å². The molecule has 0 radical (unpaired) electrons. The van der Waals surface area contributed by atoms with Crippen LogP contribution in [0.25, 0.3) is 10.9 Å². The molecule has 2 aromatic carbocycles. The fraction of sp³-hybridized carbons (Fsp3) is 0.190. The van der Waals surface area contributed by atoms with E-state index in [0.29, 0.717) is 18.2 Å². The molecule has 0 aliphatic heterocycles. The molecule has 3 rings (SSSR count). The van der Waals surface area contributed by atoms with Crippen molar-refractivity contribution in [2.75, 3.05) is 14.2 Å². The number of hydrogen-bond acceptors (Lipinski definition) is 5. The number of fused-ring (bicyclic) bond motifs is 1. The smallest absolute Gasteiger partial charge is 0.222 e. The maximum atomic E-state index is 6.06. The molecule has 5 heteroatoms. The van der Waals surface area contributed by atoms with E-state index in [1.807, 2.05) is 43.3 Å². The maximum absolute atomic E-state index is 6.06. The minimum absolute atomic E-state index is 0.418. The van der Waals surface area contributed by atoms with E-state index in [1.165, 1.54) is 6.26 Å². The molecule has 0 amide bonds. The molecule has 3 aromatic rings. The molecule has 0 saturated heterocycles. The first kappa shape index (κ1) is 17.6. The number of hydrogen-bond donors (Lipinski definition) is 0. The highest BCUT2D eigenvalue weighted by Crippen LogP contribution is 2.34. The van der Waals surface area contributed by atoms with Crippen molar-refractivity contribution in [2.24, 2.45) is 0 Å². The highest BCUT2D eigenvalue weighted by molar-refractivity contribution is 5.89. The highest BCUT2D eigenvalue weighted by Gasteiger charge is 2.13. The van der Waals surface area contributed by atoms with Gasteiger partial charge in [0.2, 0.25) is 5.88 Å². The van der Waals surface area contributed by atoms with Crippen LogP contribution in [0, 0.1) is 6.92 Å². The number of rotatable bonds is 7. The lowest BCUT2D eigenvalue weighted by Gasteiger charge is -2.14. The van der Waals surface area contributed by atoms with Crippen LogP contribution in [-0.2, 0) is 6.61 Å². The number of aryl methyl sites for hydroxylation is 1. The van der Waals surface area contributed by atoms with Crippen molar-refractivity contribution < 1.29 is 18.9 Å². The first-order valence-corrected chi connectivity index (χ1v) is 8.18. The summed E-state index contributed by atoms with van der Waals surface area (Å²) in [6, 6.07) is 13.4. The van der Waals surface area contributed by atoms with E-state index >= 15 is 0 Å². The lowest BCUT2D eigenvalue weighted by Crippen LogP contribution is -1.99. The van der Waals surface area contributed by atoms with Crippen molar-refractivity contribution in [2.45, 2.75) is 13.5 Å². The SMILES string of the molecule is C=COc1cc(OCc2ccc(OC)cc2)c2ccc(OC)c(C)c2n1. The van der Waals surface area contributed by atoms with Crippen LogP contribution >= 0.6 is 0 Å².